The number of halogens is 3. The molecule has 1 aromatic rings. The summed E-state index contributed by atoms with van der Waals surface area (Å²) in [6.45, 7) is 2.20. The van der Waals surface area contributed by atoms with E-state index in [2.05, 4.69) is 17.1 Å². The molecule has 0 spiro atoms. The van der Waals surface area contributed by atoms with Crippen LogP contribution in [-0.2, 0) is 0 Å². The number of amides is 2. The average Bonchev–Trinajstić information content (AvgIpc) is 2.52. The van der Waals surface area contributed by atoms with Gasteiger partial charge in [0.25, 0.3) is 0 Å². The number of likely N-dealkylation sites (N-methyl/N-ethyl adjacent to an activating group) is 1. The van der Waals surface area contributed by atoms with Crippen molar-refractivity contribution in [3.8, 4) is 0 Å². The molecule has 2 N–H and O–H groups in total. The molecule has 0 saturated heterocycles. The molecule has 0 aliphatic rings. The third-order valence-corrected chi connectivity index (χ3v) is 3.58. The van der Waals surface area contributed by atoms with Crippen molar-refractivity contribution in [1.29, 1.82) is 0 Å². The first-order valence-corrected chi connectivity index (χ1v) is 7.73. The van der Waals surface area contributed by atoms with Gasteiger partial charge in [-0.1, -0.05) is 13.3 Å². The molecular weight excluding hydrogens is 323 g/mol. The number of unbranched alkanes of at least 4 members (excludes halogenated alkanes) is 1. The zero-order chi connectivity index (χ0) is 18.3. The van der Waals surface area contributed by atoms with Gasteiger partial charge in [0.2, 0.25) is 0 Å². The highest BCUT2D eigenvalue weighted by Gasteiger charge is 2.39. The molecule has 8 heteroatoms. The number of rotatable bonds is 7. The van der Waals surface area contributed by atoms with Gasteiger partial charge in [0.15, 0.2) is 6.10 Å². The molecule has 1 aromatic carbocycles. The number of anilines is 2. The molecule has 0 radical (unpaired) electrons. The van der Waals surface area contributed by atoms with Crippen LogP contribution < -0.4 is 10.2 Å². The lowest BCUT2D eigenvalue weighted by atomic mass is 10.2. The number of carbonyl (C=O) groups excluding carboxylic acids is 1. The van der Waals surface area contributed by atoms with E-state index < -0.39 is 24.9 Å². The van der Waals surface area contributed by atoms with E-state index in [9.17, 15) is 18.0 Å². The fourth-order valence-corrected chi connectivity index (χ4v) is 1.99. The highest BCUT2D eigenvalue weighted by molar-refractivity contribution is 5.89. The summed E-state index contributed by atoms with van der Waals surface area (Å²) in [5.41, 5.74) is 1.46. The SMILES string of the molecule is CCCCN(C)c1ccc(NC(=O)N(C)CC(O)C(F)(F)F)cc1. The maximum Gasteiger partial charge on any atom is 0.416 e. The summed E-state index contributed by atoms with van der Waals surface area (Å²) in [5.74, 6) is 0. The lowest BCUT2D eigenvalue weighted by Crippen LogP contribution is -2.43. The van der Waals surface area contributed by atoms with E-state index in [0.29, 0.717) is 5.69 Å². The molecular formula is C16H24F3N3O2. The van der Waals surface area contributed by atoms with Crippen molar-refractivity contribution in [1.82, 2.24) is 4.90 Å². The number of nitrogens with one attached hydrogen (secondary N) is 1. The van der Waals surface area contributed by atoms with Crippen LogP contribution in [0.2, 0.25) is 0 Å². The minimum atomic E-state index is -4.75. The Morgan fingerprint density at radius 1 is 1.25 bits per heavy atom. The molecule has 0 heterocycles. The van der Waals surface area contributed by atoms with E-state index in [1.807, 2.05) is 19.2 Å². The Morgan fingerprint density at radius 2 is 1.83 bits per heavy atom. The third-order valence-electron chi connectivity index (χ3n) is 3.58. The molecule has 2 amide bonds. The van der Waals surface area contributed by atoms with E-state index >= 15 is 0 Å². The number of carbonyl (C=O) groups is 1. The first-order valence-electron chi connectivity index (χ1n) is 7.73. The smallest absolute Gasteiger partial charge is 0.382 e. The van der Waals surface area contributed by atoms with Gasteiger partial charge in [0, 0.05) is 32.0 Å². The molecule has 0 bridgehead atoms. The Hall–Kier alpha value is -1.96. The van der Waals surface area contributed by atoms with Crippen molar-refractivity contribution < 1.29 is 23.1 Å². The first kappa shape index (κ1) is 20.1. The summed E-state index contributed by atoms with van der Waals surface area (Å²) in [7, 11) is 3.16. The largest absolute Gasteiger partial charge is 0.416 e. The molecule has 1 rings (SSSR count). The summed E-state index contributed by atoms with van der Waals surface area (Å²) >= 11 is 0. The molecule has 136 valence electrons. The molecule has 5 nitrogen and oxygen atoms in total. The Bertz CT molecular complexity index is 520. The molecule has 0 fully saturated rings. The van der Waals surface area contributed by atoms with Gasteiger partial charge in [-0.15, -0.1) is 0 Å². The van der Waals surface area contributed by atoms with Crippen molar-refractivity contribution in [3.63, 3.8) is 0 Å². The van der Waals surface area contributed by atoms with Gasteiger partial charge in [0.05, 0.1) is 6.54 Å². The van der Waals surface area contributed by atoms with Crippen LogP contribution in [-0.4, -0.2) is 55.5 Å². The maximum absolute atomic E-state index is 12.3. The minimum absolute atomic E-state index is 0.473. The molecule has 0 aromatic heterocycles. The number of hydrogen-bond donors (Lipinski definition) is 2. The van der Waals surface area contributed by atoms with Crippen molar-refractivity contribution in [2.75, 3.05) is 37.4 Å². The topological polar surface area (TPSA) is 55.8 Å². The Labute approximate surface area is 140 Å². The highest BCUT2D eigenvalue weighted by atomic mass is 19.4. The normalized spacial score (nSPS) is 12.6. The number of benzene rings is 1. The Balaban J connectivity index is 2.58. The second kappa shape index (κ2) is 8.77. The number of hydrogen-bond acceptors (Lipinski definition) is 3. The molecule has 24 heavy (non-hydrogen) atoms. The van der Waals surface area contributed by atoms with Crippen LogP contribution in [0.3, 0.4) is 0 Å². The quantitative estimate of drug-likeness (QED) is 0.796. The summed E-state index contributed by atoms with van der Waals surface area (Å²) in [6.07, 6.45) is -5.15. The van der Waals surface area contributed by atoms with E-state index in [-0.39, 0.29) is 0 Å². The fraction of sp³-hybridized carbons (Fsp3) is 0.562. The van der Waals surface area contributed by atoms with Gasteiger partial charge in [-0.25, -0.2) is 4.79 Å². The van der Waals surface area contributed by atoms with Gasteiger partial charge in [-0.05, 0) is 30.7 Å². The van der Waals surface area contributed by atoms with Crippen LogP contribution in [0.15, 0.2) is 24.3 Å². The average molecular weight is 347 g/mol. The van der Waals surface area contributed by atoms with Gasteiger partial charge in [0.1, 0.15) is 0 Å². The summed E-state index contributed by atoms with van der Waals surface area (Å²) in [5, 5.41) is 11.5. The number of nitrogens with zero attached hydrogens (tertiary/aromatic N) is 2. The number of aliphatic hydroxyl groups is 1. The van der Waals surface area contributed by atoms with Crippen LogP contribution in [0.1, 0.15) is 19.8 Å². The van der Waals surface area contributed by atoms with Crippen LogP contribution >= 0.6 is 0 Å². The van der Waals surface area contributed by atoms with Crippen molar-refractivity contribution in [2.24, 2.45) is 0 Å². The van der Waals surface area contributed by atoms with E-state index in [0.717, 1.165) is 30.0 Å². The summed E-state index contributed by atoms with van der Waals surface area (Å²) in [6, 6.07) is 6.31. The molecule has 1 unspecified atom stereocenters. The maximum atomic E-state index is 12.3. The van der Waals surface area contributed by atoms with Crippen molar-refractivity contribution in [2.45, 2.75) is 32.0 Å². The van der Waals surface area contributed by atoms with E-state index in [1.54, 1.807) is 12.1 Å². The second-order valence-corrected chi connectivity index (χ2v) is 5.69. The fourth-order valence-electron chi connectivity index (χ4n) is 1.99. The van der Waals surface area contributed by atoms with E-state index in [4.69, 9.17) is 5.11 Å². The second-order valence-electron chi connectivity index (χ2n) is 5.69. The van der Waals surface area contributed by atoms with Crippen molar-refractivity contribution >= 4 is 17.4 Å². The summed E-state index contributed by atoms with van der Waals surface area (Å²) < 4.78 is 36.9. The van der Waals surface area contributed by atoms with Crippen LogP contribution in [0, 0.1) is 0 Å². The number of urea groups is 1. The number of alkyl halides is 3. The third kappa shape index (κ3) is 6.27. The van der Waals surface area contributed by atoms with Gasteiger partial charge in [-0.3, -0.25) is 0 Å². The zero-order valence-electron chi connectivity index (χ0n) is 14.1. The zero-order valence-corrected chi connectivity index (χ0v) is 14.1. The lowest BCUT2D eigenvalue weighted by Gasteiger charge is -2.23. The lowest BCUT2D eigenvalue weighted by molar-refractivity contribution is -0.205. The van der Waals surface area contributed by atoms with Crippen LogP contribution in [0.5, 0.6) is 0 Å². The van der Waals surface area contributed by atoms with Crippen LogP contribution in [0.25, 0.3) is 0 Å². The summed E-state index contributed by atoms with van der Waals surface area (Å²) in [4.78, 5) is 14.7. The van der Waals surface area contributed by atoms with Gasteiger partial charge in [-0.2, -0.15) is 13.2 Å². The molecule has 0 aliphatic carbocycles. The highest BCUT2D eigenvalue weighted by Crippen LogP contribution is 2.21. The van der Waals surface area contributed by atoms with Crippen molar-refractivity contribution in [3.05, 3.63) is 24.3 Å². The van der Waals surface area contributed by atoms with Crippen LogP contribution in [0.4, 0.5) is 29.3 Å². The van der Waals surface area contributed by atoms with Gasteiger partial charge < -0.3 is 20.2 Å². The predicted molar refractivity (Wildman–Crippen MR) is 88.3 cm³/mol. The number of aliphatic hydroxyl groups excluding tert-OH is 1. The molecule has 0 aliphatic heterocycles. The first-order chi connectivity index (χ1) is 11.1. The molecule has 1 atom stereocenters. The Kier molecular flexibility index (Phi) is 7.34. The molecule has 0 saturated carbocycles. The standard InChI is InChI=1S/C16H24F3N3O2/c1-4-5-10-21(2)13-8-6-12(7-9-13)20-15(24)22(3)11-14(23)16(17,18)19/h6-9,14,23H,4-5,10-11H2,1-3H3,(H,20,24). The predicted octanol–water partition coefficient (Wildman–Crippen LogP) is 3.31. The minimum Gasteiger partial charge on any atom is -0.382 e. The van der Waals surface area contributed by atoms with E-state index in [1.165, 1.54) is 7.05 Å². The van der Waals surface area contributed by atoms with Gasteiger partial charge >= 0.3 is 12.2 Å². The Morgan fingerprint density at radius 3 is 2.33 bits per heavy atom. The monoisotopic (exact) mass is 347 g/mol.